The van der Waals surface area contributed by atoms with Crippen molar-refractivity contribution in [3.05, 3.63) is 52.8 Å². The highest BCUT2D eigenvalue weighted by atomic mass is 35.5. The number of hydrogen-bond acceptors (Lipinski definition) is 7. The van der Waals surface area contributed by atoms with E-state index in [1.807, 2.05) is 25.9 Å². The molecule has 31 heavy (non-hydrogen) atoms. The van der Waals surface area contributed by atoms with Crippen LogP contribution in [-0.4, -0.2) is 59.6 Å². The fourth-order valence-electron chi connectivity index (χ4n) is 2.92. The van der Waals surface area contributed by atoms with E-state index in [1.54, 1.807) is 22.8 Å². The van der Waals surface area contributed by atoms with Gasteiger partial charge in [-0.15, -0.1) is 4.80 Å². The Morgan fingerprint density at radius 3 is 2.52 bits per heavy atom. The van der Waals surface area contributed by atoms with Crippen molar-refractivity contribution >= 4 is 46.3 Å². The van der Waals surface area contributed by atoms with Gasteiger partial charge in [-0.05, 0) is 27.1 Å². The molecule has 4 heterocycles. The number of carbonyl (C=O) groups is 1. The number of carbonyl (C=O) groups excluding carboxylic acids is 1. The Kier molecular flexibility index (Phi) is 5.72. The minimum atomic E-state index is -0.491. The van der Waals surface area contributed by atoms with Gasteiger partial charge in [0.05, 0.1) is 52.9 Å². The van der Waals surface area contributed by atoms with Crippen LogP contribution in [0.4, 0.5) is 16.2 Å². The zero-order chi connectivity index (χ0) is 22.1. The van der Waals surface area contributed by atoms with E-state index >= 15 is 0 Å². The van der Waals surface area contributed by atoms with Gasteiger partial charge in [0.2, 0.25) is 0 Å². The Labute approximate surface area is 187 Å². The molecule has 0 aliphatic heterocycles. The summed E-state index contributed by atoms with van der Waals surface area (Å²) in [5.74, 6) is 0.352. The lowest BCUT2D eigenvalue weighted by atomic mass is 10.2. The minimum Gasteiger partial charge on any atom is -0.306 e. The van der Waals surface area contributed by atoms with Gasteiger partial charge in [0.1, 0.15) is 0 Å². The van der Waals surface area contributed by atoms with Gasteiger partial charge < -0.3 is 15.5 Å². The molecule has 0 unspecified atom stereocenters. The van der Waals surface area contributed by atoms with E-state index in [1.165, 1.54) is 23.4 Å². The molecule has 0 saturated heterocycles. The number of hydrogen-bond donors (Lipinski definition) is 2. The highest BCUT2D eigenvalue weighted by molar-refractivity contribution is 6.32. The molecule has 1 atom stereocenters. The molecule has 2 N–H and O–H groups in total. The Bertz CT molecular complexity index is 1240. The molecule has 0 aliphatic rings. The number of aromatic nitrogens is 7. The van der Waals surface area contributed by atoms with Crippen LogP contribution in [0, 0.1) is 0 Å². The smallest absolute Gasteiger partial charge is 0.306 e. The van der Waals surface area contributed by atoms with Crippen LogP contribution in [0.2, 0.25) is 10.2 Å². The maximum atomic E-state index is 12.7. The monoisotopic (exact) mass is 460 g/mol. The van der Waals surface area contributed by atoms with E-state index in [4.69, 9.17) is 23.2 Å². The van der Waals surface area contributed by atoms with Gasteiger partial charge in [0.25, 0.3) is 0 Å². The standard InChI is InChI=1S/C18H18Cl2N10O/c1-10(28(2)3)16-13(9-21-15-7-14(20)27-29(15)16)26-18(31)25-11-6-12(19)17(22-8-11)30-23-4-5-24-30/h4-10H,1-3H3,(H2,25,26,31)/t10-/m1/s1. The van der Waals surface area contributed by atoms with E-state index in [0.29, 0.717) is 28.0 Å². The second kappa shape index (κ2) is 8.46. The summed E-state index contributed by atoms with van der Waals surface area (Å²) in [7, 11) is 3.85. The molecule has 4 aromatic heterocycles. The first-order valence-corrected chi connectivity index (χ1v) is 9.90. The second-order valence-electron chi connectivity index (χ2n) is 6.86. The summed E-state index contributed by atoms with van der Waals surface area (Å²) in [4.78, 5) is 24.5. The van der Waals surface area contributed by atoms with Gasteiger partial charge in [-0.2, -0.15) is 15.3 Å². The van der Waals surface area contributed by atoms with Crippen molar-refractivity contribution in [2.24, 2.45) is 0 Å². The van der Waals surface area contributed by atoms with Crippen molar-refractivity contribution in [3.8, 4) is 5.82 Å². The predicted octanol–water partition coefficient (Wildman–Crippen LogP) is 3.28. The van der Waals surface area contributed by atoms with E-state index in [-0.39, 0.29) is 11.1 Å². The highest BCUT2D eigenvalue weighted by Crippen LogP contribution is 2.27. The van der Waals surface area contributed by atoms with Crippen molar-refractivity contribution in [3.63, 3.8) is 0 Å². The Morgan fingerprint density at radius 1 is 1.10 bits per heavy atom. The van der Waals surface area contributed by atoms with E-state index in [9.17, 15) is 4.79 Å². The molecule has 4 aromatic rings. The average molecular weight is 461 g/mol. The zero-order valence-corrected chi connectivity index (χ0v) is 18.3. The summed E-state index contributed by atoms with van der Waals surface area (Å²) in [5, 5.41) is 18.4. The molecule has 0 saturated carbocycles. The van der Waals surface area contributed by atoms with Crippen molar-refractivity contribution in [2.75, 3.05) is 24.7 Å². The number of fused-ring (bicyclic) bond motifs is 1. The molecule has 13 heteroatoms. The lowest BCUT2D eigenvalue weighted by Gasteiger charge is -2.23. The molecule has 2 amide bonds. The zero-order valence-electron chi connectivity index (χ0n) is 16.8. The van der Waals surface area contributed by atoms with Crippen LogP contribution in [0.1, 0.15) is 18.7 Å². The summed E-state index contributed by atoms with van der Waals surface area (Å²) in [5.41, 5.74) is 2.20. The molecule has 0 bridgehead atoms. The number of nitrogens with one attached hydrogen (secondary N) is 2. The third-order valence-corrected chi connectivity index (χ3v) is 5.06. The van der Waals surface area contributed by atoms with E-state index < -0.39 is 6.03 Å². The highest BCUT2D eigenvalue weighted by Gasteiger charge is 2.21. The van der Waals surface area contributed by atoms with Gasteiger partial charge in [0, 0.05) is 6.07 Å². The van der Waals surface area contributed by atoms with Gasteiger partial charge in [-0.25, -0.2) is 19.3 Å². The van der Waals surface area contributed by atoms with Crippen molar-refractivity contribution in [1.29, 1.82) is 0 Å². The van der Waals surface area contributed by atoms with Gasteiger partial charge in [-0.3, -0.25) is 0 Å². The summed E-state index contributed by atoms with van der Waals surface area (Å²) in [6.45, 7) is 1.99. The molecule has 0 fully saturated rings. The van der Waals surface area contributed by atoms with E-state index in [0.717, 1.165) is 5.69 Å². The summed E-state index contributed by atoms with van der Waals surface area (Å²) >= 11 is 12.3. The van der Waals surface area contributed by atoms with Crippen molar-refractivity contribution in [1.82, 2.24) is 39.5 Å². The lowest BCUT2D eigenvalue weighted by Crippen LogP contribution is -2.25. The normalized spacial score (nSPS) is 12.3. The van der Waals surface area contributed by atoms with Crippen LogP contribution >= 0.6 is 23.2 Å². The molecule has 11 nitrogen and oxygen atoms in total. The summed E-state index contributed by atoms with van der Waals surface area (Å²) in [6.07, 6.45) is 6.06. The number of rotatable bonds is 5. The number of halogens is 2. The SMILES string of the molecule is C[C@H](c1c(NC(=O)Nc2cnc(-n3nccn3)c(Cl)c2)cnc2cc(Cl)nn12)N(C)C. The third-order valence-electron chi connectivity index (χ3n) is 4.60. The van der Waals surface area contributed by atoms with Crippen LogP contribution in [0.25, 0.3) is 11.5 Å². The van der Waals surface area contributed by atoms with Gasteiger partial charge in [0.15, 0.2) is 16.6 Å². The predicted molar refractivity (Wildman–Crippen MR) is 117 cm³/mol. The first kappa shape index (κ1) is 21.0. The number of urea groups is 1. The topological polar surface area (TPSA) is 118 Å². The molecule has 0 aromatic carbocycles. The molecule has 0 spiro atoms. The largest absolute Gasteiger partial charge is 0.323 e. The molecular weight excluding hydrogens is 443 g/mol. The van der Waals surface area contributed by atoms with Gasteiger partial charge in [-0.1, -0.05) is 23.2 Å². The maximum Gasteiger partial charge on any atom is 0.323 e. The number of amides is 2. The Hall–Kier alpha value is -3.28. The lowest BCUT2D eigenvalue weighted by molar-refractivity contribution is 0.262. The average Bonchev–Trinajstić information content (AvgIpc) is 3.36. The van der Waals surface area contributed by atoms with Crippen LogP contribution in [-0.2, 0) is 0 Å². The number of nitrogens with zero attached hydrogens (tertiary/aromatic N) is 8. The summed E-state index contributed by atoms with van der Waals surface area (Å²) in [6, 6.07) is 2.63. The minimum absolute atomic E-state index is 0.0891. The quantitative estimate of drug-likeness (QED) is 0.468. The molecule has 4 rings (SSSR count). The molecule has 160 valence electrons. The number of pyridine rings is 1. The number of anilines is 2. The van der Waals surface area contributed by atoms with Crippen molar-refractivity contribution < 1.29 is 4.79 Å². The second-order valence-corrected chi connectivity index (χ2v) is 7.66. The Morgan fingerprint density at radius 2 is 1.84 bits per heavy atom. The Balaban J connectivity index is 1.59. The summed E-state index contributed by atoms with van der Waals surface area (Å²) < 4.78 is 1.62. The van der Waals surface area contributed by atoms with Crippen LogP contribution < -0.4 is 10.6 Å². The van der Waals surface area contributed by atoms with Crippen LogP contribution in [0.15, 0.2) is 36.9 Å². The maximum absolute atomic E-state index is 12.7. The van der Waals surface area contributed by atoms with Crippen LogP contribution in [0.5, 0.6) is 0 Å². The fourth-order valence-corrected chi connectivity index (χ4v) is 3.34. The van der Waals surface area contributed by atoms with Crippen LogP contribution in [0.3, 0.4) is 0 Å². The van der Waals surface area contributed by atoms with Crippen molar-refractivity contribution in [2.45, 2.75) is 13.0 Å². The fraction of sp³-hybridized carbons (Fsp3) is 0.222. The first-order chi connectivity index (χ1) is 14.8. The molecule has 0 aliphatic carbocycles. The molecule has 0 radical (unpaired) electrons. The van der Waals surface area contributed by atoms with E-state index in [2.05, 4.69) is 35.9 Å². The van der Waals surface area contributed by atoms with Gasteiger partial charge >= 0.3 is 6.03 Å². The first-order valence-electron chi connectivity index (χ1n) is 9.14. The third kappa shape index (κ3) is 4.29. The molecular formula is C18H18Cl2N10O.